The summed E-state index contributed by atoms with van der Waals surface area (Å²) in [4.78, 5) is 38.1. The molecular weight excluding hydrogens is 584 g/mol. The first kappa shape index (κ1) is 28.1. The monoisotopic (exact) mass is 598 g/mol. The lowest BCUT2D eigenvalue weighted by molar-refractivity contribution is -0.137. The average molecular weight is 599 g/mol. The fourth-order valence-corrected chi connectivity index (χ4v) is 4.87. The van der Waals surface area contributed by atoms with Crippen LogP contribution in [0.25, 0.3) is 6.08 Å². The number of benzene rings is 3. The molecule has 0 atom stereocenters. The summed E-state index contributed by atoms with van der Waals surface area (Å²) in [5.74, 6) is -2.61. The maximum Gasteiger partial charge on any atom is 0.416 e. The first-order chi connectivity index (χ1) is 18.2. The number of rotatable bonds is 5. The van der Waals surface area contributed by atoms with E-state index in [1.165, 1.54) is 30.3 Å². The molecule has 4 rings (SSSR count). The molecule has 4 amide bonds. The van der Waals surface area contributed by atoms with Crippen LogP contribution in [0.15, 0.2) is 71.1 Å². The quantitative estimate of drug-likeness (QED) is 0.227. The third-order valence-corrected chi connectivity index (χ3v) is 7.26. The number of carbonyl (C=O) groups is 3. The highest BCUT2D eigenvalue weighted by Crippen LogP contribution is 2.37. The molecule has 1 saturated heterocycles. The summed E-state index contributed by atoms with van der Waals surface area (Å²) in [6, 6.07) is 10.3. The Morgan fingerprint density at radius 1 is 0.923 bits per heavy atom. The first-order valence-electron chi connectivity index (χ1n) is 10.8. The second kappa shape index (κ2) is 10.4. The zero-order valence-electron chi connectivity index (χ0n) is 19.5. The molecule has 3 aromatic carbocycles. The normalized spacial score (nSPS) is 15.5. The molecule has 1 fully saturated rings. The van der Waals surface area contributed by atoms with Gasteiger partial charge in [0.2, 0.25) is 0 Å². The van der Waals surface area contributed by atoms with E-state index in [0.29, 0.717) is 17.0 Å². The van der Waals surface area contributed by atoms with Crippen molar-refractivity contribution in [1.29, 1.82) is 0 Å². The molecule has 202 valence electrons. The van der Waals surface area contributed by atoms with E-state index in [0.717, 1.165) is 17.7 Å². The fourth-order valence-electron chi connectivity index (χ4n) is 3.45. The number of aryl methyl sites for hydroxylation is 1. The third-order valence-electron chi connectivity index (χ3n) is 5.39. The number of nitrogens with zero attached hydrogens (tertiary/aromatic N) is 1. The summed E-state index contributed by atoms with van der Waals surface area (Å²) in [5, 5.41) is 1.33. The highest BCUT2D eigenvalue weighted by atomic mass is 35.5. The Bertz CT molecular complexity index is 1660. The number of anilines is 1. The SMILES string of the molecule is Cc1ccc(S(=O)(=O)Oc2ccc(/C=C3/C(=O)NC(=O)N(c4cc(C(F)(F)F)ccc4Cl)C3=O)cc2Cl)cc1. The minimum absolute atomic E-state index is 0.113. The molecule has 0 radical (unpaired) electrons. The summed E-state index contributed by atoms with van der Waals surface area (Å²) < 4.78 is 69.8. The van der Waals surface area contributed by atoms with E-state index in [2.05, 4.69) is 0 Å². The lowest BCUT2D eigenvalue weighted by atomic mass is 10.1. The number of alkyl halides is 3. The molecule has 1 N–H and O–H groups in total. The van der Waals surface area contributed by atoms with Gasteiger partial charge in [-0.1, -0.05) is 47.0 Å². The second-order valence-electron chi connectivity index (χ2n) is 8.16. The van der Waals surface area contributed by atoms with Gasteiger partial charge >= 0.3 is 22.3 Å². The molecule has 0 spiro atoms. The number of carbonyl (C=O) groups excluding carboxylic acids is 3. The van der Waals surface area contributed by atoms with Crippen molar-refractivity contribution < 1.29 is 40.2 Å². The van der Waals surface area contributed by atoms with Crippen LogP contribution in [0, 0.1) is 6.92 Å². The summed E-state index contributed by atoms with van der Waals surface area (Å²) in [7, 11) is -4.23. The molecule has 8 nitrogen and oxygen atoms in total. The van der Waals surface area contributed by atoms with E-state index in [-0.39, 0.29) is 26.3 Å². The van der Waals surface area contributed by atoms with Crippen molar-refractivity contribution in [2.75, 3.05) is 4.90 Å². The predicted octanol–water partition coefficient (Wildman–Crippen LogP) is 5.75. The minimum atomic E-state index is -4.80. The molecule has 0 aromatic heterocycles. The van der Waals surface area contributed by atoms with Crippen molar-refractivity contribution in [3.63, 3.8) is 0 Å². The van der Waals surface area contributed by atoms with Crippen LogP contribution in [-0.2, 0) is 25.9 Å². The zero-order valence-corrected chi connectivity index (χ0v) is 21.9. The van der Waals surface area contributed by atoms with Crippen molar-refractivity contribution >= 4 is 62.9 Å². The maximum absolute atomic E-state index is 13.2. The van der Waals surface area contributed by atoms with Gasteiger partial charge in [0.15, 0.2) is 5.75 Å². The smallest absolute Gasteiger partial charge is 0.377 e. The van der Waals surface area contributed by atoms with Crippen LogP contribution >= 0.6 is 23.2 Å². The molecule has 1 aliphatic rings. The minimum Gasteiger partial charge on any atom is -0.377 e. The van der Waals surface area contributed by atoms with Gasteiger partial charge < -0.3 is 4.18 Å². The Hall–Kier alpha value is -3.87. The van der Waals surface area contributed by atoms with E-state index in [9.17, 15) is 36.0 Å². The predicted molar refractivity (Wildman–Crippen MR) is 136 cm³/mol. The topological polar surface area (TPSA) is 110 Å². The van der Waals surface area contributed by atoms with Gasteiger partial charge in [-0.3, -0.25) is 14.9 Å². The molecule has 14 heteroatoms. The van der Waals surface area contributed by atoms with Crippen LogP contribution in [0.2, 0.25) is 10.0 Å². The van der Waals surface area contributed by atoms with Gasteiger partial charge in [0.1, 0.15) is 10.5 Å². The summed E-state index contributed by atoms with van der Waals surface area (Å²) in [6.07, 6.45) is -3.78. The van der Waals surface area contributed by atoms with Crippen molar-refractivity contribution in [3.8, 4) is 5.75 Å². The molecule has 3 aromatic rings. The molecule has 1 aliphatic heterocycles. The van der Waals surface area contributed by atoms with E-state index >= 15 is 0 Å². The largest absolute Gasteiger partial charge is 0.416 e. The Morgan fingerprint density at radius 2 is 1.59 bits per heavy atom. The molecule has 0 bridgehead atoms. The number of imide groups is 2. The van der Waals surface area contributed by atoms with Crippen molar-refractivity contribution in [2.24, 2.45) is 0 Å². The molecule has 39 heavy (non-hydrogen) atoms. The van der Waals surface area contributed by atoms with Crippen LogP contribution in [0.1, 0.15) is 16.7 Å². The Kier molecular flexibility index (Phi) is 7.48. The van der Waals surface area contributed by atoms with Crippen LogP contribution in [-0.4, -0.2) is 26.3 Å². The van der Waals surface area contributed by atoms with Gasteiger partial charge in [0, 0.05) is 0 Å². The van der Waals surface area contributed by atoms with Crippen LogP contribution in [0.3, 0.4) is 0 Å². The number of urea groups is 1. The fraction of sp³-hybridized carbons (Fsp3) is 0.0800. The summed E-state index contributed by atoms with van der Waals surface area (Å²) in [6.45, 7) is 1.78. The standard InChI is InChI=1S/C25H15Cl2F3N2O6S/c1-13-2-6-16(7-3-13)39(36,37)38-21-9-4-14(11-19(21)27)10-17-22(33)31-24(35)32(23(17)34)20-12-15(25(28,29)30)5-8-18(20)26/h2-12H,1H3,(H,31,33,35)/b17-10-. The molecular formula is C25H15Cl2F3N2O6S. The van der Waals surface area contributed by atoms with Gasteiger partial charge in [-0.15, -0.1) is 0 Å². The summed E-state index contributed by atoms with van der Waals surface area (Å²) in [5.41, 5.74) is -1.44. The van der Waals surface area contributed by atoms with Crippen LogP contribution < -0.4 is 14.4 Å². The van der Waals surface area contributed by atoms with Crippen molar-refractivity contribution in [3.05, 3.63) is 93.0 Å². The van der Waals surface area contributed by atoms with E-state index < -0.39 is 51.0 Å². The van der Waals surface area contributed by atoms with Gasteiger partial charge in [-0.25, -0.2) is 9.69 Å². The number of amides is 4. The van der Waals surface area contributed by atoms with Crippen molar-refractivity contribution in [1.82, 2.24) is 5.32 Å². The Morgan fingerprint density at radius 3 is 2.21 bits per heavy atom. The molecule has 0 aliphatic carbocycles. The number of halogens is 5. The van der Waals surface area contributed by atoms with Crippen LogP contribution in [0.4, 0.5) is 23.7 Å². The van der Waals surface area contributed by atoms with Gasteiger partial charge in [0.05, 0.1) is 21.3 Å². The molecule has 1 heterocycles. The highest BCUT2D eigenvalue weighted by molar-refractivity contribution is 7.87. The van der Waals surface area contributed by atoms with Gasteiger partial charge in [-0.2, -0.15) is 21.6 Å². The Balaban J connectivity index is 1.65. The molecule has 0 unspecified atom stereocenters. The van der Waals surface area contributed by atoms with Gasteiger partial charge in [0.25, 0.3) is 11.8 Å². The van der Waals surface area contributed by atoms with Gasteiger partial charge in [-0.05, 0) is 61.0 Å². The summed E-state index contributed by atoms with van der Waals surface area (Å²) >= 11 is 12.1. The maximum atomic E-state index is 13.2. The number of hydrogen-bond donors (Lipinski definition) is 1. The van der Waals surface area contributed by atoms with E-state index in [4.69, 9.17) is 27.4 Å². The number of nitrogens with one attached hydrogen (secondary N) is 1. The third kappa shape index (κ3) is 5.92. The number of barbiturate groups is 1. The lowest BCUT2D eigenvalue weighted by Crippen LogP contribution is -2.54. The van der Waals surface area contributed by atoms with E-state index in [1.54, 1.807) is 19.1 Å². The highest BCUT2D eigenvalue weighted by Gasteiger charge is 2.39. The molecule has 0 saturated carbocycles. The Labute approximate surface area is 229 Å². The van der Waals surface area contributed by atoms with Crippen molar-refractivity contribution in [2.45, 2.75) is 18.0 Å². The first-order valence-corrected chi connectivity index (χ1v) is 12.9. The second-order valence-corrected chi connectivity index (χ2v) is 10.5. The zero-order chi connectivity index (χ0) is 28.7. The lowest BCUT2D eigenvalue weighted by Gasteiger charge is -2.27. The average Bonchev–Trinajstić information content (AvgIpc) is 2.84. The van der Waals surface area contributed by atoms with E-state index in [1.807, 2.05) is 5.32 Å². The van der Waals surface area contributed by atoms with Crippen LogP contribution in [0.5, 0.6) is 5.75 Å². The number of hydrogen-bond acceptors (Lipinski definition) is 6.